The molecule has 0 atom stereocenters. The summed E-state index contributed by atoms with van der Waals surface area (Å²) in [7, 11) is 0. The zero-order valence-corrected chi connectivity index (χ0v) is 9.93. The van der Waals surface area contributed by atoms with Gasteiger partial charge in [-0.05, 0) is 31.9 Å². The highest BCUT2D eigenvalue weighted by Crippen LogP contribution is 2.19. The molecular weight excluding hydrogens is 222 g/mol. The van der Waals surface area contributed by atoms with E-state index >= 15 is 0 Å². The van der Waals surface area contributed by atoms with E-state index in [1.54, 1.807) is 26.0 Å². The number of carbonyl (C=O) groups is 1. The summed E-state index contributed by atoms with van der Waals surface area (Å²) in [5.41, 5.74) is 1.61. The fraction of sp³-hybridized carbons (Fsp3) is 0.417. The van der Waals surface area contributed by atoms with Crippen LogP contribution in [0.25, 0.3) is 0 Å². The van der Waals surface area contributed by atoms with Crippen molar-refractivity contribution in [3.8, 4) is 0 Å². The number of hydrogen-bond donors (Lipinski definition) is 0. The number of rotatable bonds is 5. The molecule has 0 saturated heterocycles. The van der Waals surface area contributed by atoms with E-state index in [0.29, 0.717) is 25.0 Å². The van der Waals surface area contributed by atoms with Crippen molar-refractivity contribution in [1.29, 1.82) is 0 Å². The van der Waals surface area contributed by atoms with Gasteiger partial charge < -0.3 is 4.74 Å². The Bertz CT molecular complexity index is 429. The Kier molecular flexibility index (Phi) is 4.63. The zero-order chi connectivity index (χ0) is 12.8. The van der Waals surface area contributed by atoms with Gasteiger partial charge in [-0.2, -0.15) is 0 Å². The second-order valence-electron chi connectivity index (χ2n) is 3.68. The topological polar surface area (TPSA) is 69.4 Å². The predicted octanol–water partition coefficient (Wildman–Crippen LogP) is 2.40. The molecular formula is C12H15NO4. The number of esters is 1. The van der Waals surface area contributed by atoms with Crippen molar-refractivity contribution >= 4 is 11.7 Å². The summed E-state index contributed by atoms with van der Waals surface area (Å²) in [6.07, 6.45) is 0.836. The predicted molar refractivity (Wildman–Crippen MR) is 62.8 cm³/mol. The second kappa shape index (κ2) is 5.98. The molecule has 0 unspecified atom stereocenters. The molecule has 0 amide bonds. The Morgan fingerprint density at radius 3 is 2.71 bits per heavy atom. The summed E-state index contributed by atoms with van der Waals surface area (Å²) in [4.78, 5) is 21.3. The van der Waals surface area contributed by atoms with Crippen molar-refractivity contribution in [1.82, 2.24) is 0 Å². The van der Waals surface area contributed by atoms with Gasteiger partial charge in [-0.25, -0.2) is 0 Å². The number of carbonyl (C=O) groups excluding carboxylic acids is 1. The summed E-state index contributed by atoms with van der Waals surface area (Å²) >= 11 is 0. The molecule has 0 aliphatic heterocycles. The molecule has 0 bridgehead atoms. The van der Waals surface area contributed by atoms with Crippen LogP contribution in [-0.4, -0.2) is 17.5 Å². The first-order valence-electron chi connectivity index (χ1n) is 5.44. The first-order valence-corrected chi connectivity index (χ1v) is 5.44. The summed E-state index contributed by atoms with van der Waals surface area (Å²) in [5, 5.41) is 10.6. The van der Waals surface area contributed by atoms with Crippen LogP contribution >= 0.6 is 0 Å². The standard InChI is InChI=1S/C12H15NO4/c1-3-17-12(14)7-5-10-4-6-11(13(15)16)9(2)8-10/h4,6,8H,3,5,7H2,1-2H3. The van der Waals surface area contributed by atoms with E-state index in [1.807, 2.05) is 0 Å². The average molecular weight is 237 g/mol. The number of aryl methyl sites for hydroxylation is 2. The lowest BCUT2D eigenvalue weighted by Gasteiger charge is -2.03. The van der Waals surface area contributed by atoms with E-state index in [1.165, 1.54) is 6.07 Å². The first kappa shape index (κ1) is 13.2. The quantitative estimate of drug-likeness (QED) is 0.448. The Labute approximate surface area is 99.5 Å². The van der Waals surface area contributed by atoms with Crippen molar-refractivity contribution in [2.45, 2.75) is 26.7 Å². The van der Waals surface area contributed by atoms with E-state index in [2.05, 4.69) is 0 Å². The van der Waals surface area contributed by atoms with Gasteiger partial charge in [-0.3, -0.25) is 14.9 Å². The van der Waals surface area contributed by atoms with Crippen LogP contribution in [0.1, 0.15) is 24.5 Å². The maximum atomic E-state index is 11.1. The molecule has 5 nitrogen and oxygen atoms in total. The Morgan fingerprint density at radius 2 is 2.18 bits per heavy atom. The number of hydrogen-bond acceptors (Lipinski definition) is 4. The highest BCUT2D eigenvalue weighted by atomic mass is 16.6. The largest absolute Gasteiger partial charge is 0.466 e. The fourth-order valence-corrected chi connectivity index (χ4v) is 1.56. The van der Waals surface area contributed by atoms with Crippen molar-refractivity contribution in [2.24, 2.45) is 0 Å². The third-order valence-corrected chi connectivity index (χ3v) is 2.38. The van der Waals surface area contributed by atoms with E-state index < -0.39 is 4.92 Å². The highest BCUT2D eigenvalue weighted by Gasteiger charge is 2.10. The van der Waals surface area contributed by atoms with E-state index in [-0.39, 0.29) is 11.7 Å². The van der Waals surface area contributed by atoms with Gasteiger partial charge in [0.25, 0.3) is 5.69 Å². The monoisotopic (exact) mass is 237 g/mol. The molecule has 0 spiro atoms. The molecule has 0 fully saturated rings. The number of ether oxygens (including phenoxy) is 1. The Morgan fingerprint density at radius 1 is 1.47 bits per heavy atom. The molecule has 0 aliphatic rings. The molecule has 17 heavy (non-hydrogen) atoms. The number of benzene rings is 1. The maximum absolute atomic E-state index is 11.1. The molecule has 1 aromatic rings. The minimum absolute atomic E-state index is 0.102. The zero-order valence-electron chi connectivity index (χ0n) is 9.93. The second-order valence-corrected chi connectivity index (χ2v) is 3.68. The first-order chi connectivity index (χ1) is 8.04. The van der Waals surface area contributed by atoms with Crippen molar-refractivity contribution < 1.29 is 14.5 Å². The van der Waals surface area contributed by atoms with Gasteiger partial charge in [0.1, 0.15) is 0 Å². The fourth-order valence-electron chi connectivity index (χ4n) is 1.56. The van der Waals surface area contributed by atoms with Crippen LogP contribution in [0.5, 0.6) is 0 Å². The summed E-state index contributed by atoms with van der Waals surface area (Å²) in [6, 6.07) is 4.87. The molecule has 0 heterocycles. The average Bonchev–Trinajstić information content (AvgIpc) is 2.26. The lowest BCUT2D eigenvalue weighted by molar-refractivity contribution is -0.385. The lowest BCUT2D eigenvalue weighted by atomic mass is 10.1. The van der Waals surface area contributed by atoms with Gasteiger partial charge >= 0.3 is 5.97 Å². The van der Waals surface area contributed by atoms with Crippen LogP contribution in [0.2, 0.25) is 0 Å². The minimum Gasteiger partial charge on any atom is -0.466 e. The lowest BCUT2D eigenvalue weighted by Crippen LogP contribution is -2.05. The van der Waals surface area contributed by atoms with E-state index in [4.69, 9.17) is 4.74 Å². The maximum Gasteiger partial charge on any atom is 0.306 e. The van der Waals surface area contributed by atoms with Gasteiger partial charge in [0.2, 0.25) is 0 Å². The van der Waals surface area contributed by atoms with Gasteiger partial charge in [-0.15, -0.1) is 0 Å². The Balaban J connectivity index is 2.65. The van der Waals surface area contributed by atoms with Gasteiger partial charge in [0.05, 0.1) is 11.5 Å². The summed E-state index contributed by atoms with van der Waals surface area (Å²) < 4.78 is 4.81. The summed E-state index contributed by atoms with van der Waals surface area (Å²) in [6.45, 7) is 3.82. The van der Waals surface area contributed by atoms with Crippen LogP contribution in [0.15, 0.2) is 18.2 Å². The third kappa shape index (κ3) is 3.86. The SMILES string of the molecule is CCOC(=O)CCc1ccc([N+](=O)[O-])c(C)c1. The van der Waals surface area contributed by atoms with Crippen molar-refractivity contribution in [3.63, 3.8) is 0 Å². The molecule has 0 aromatic heterocycles. The van der Waals surface area contributed by atoms with Crippen LogP contribution in [-0.2, 0) is 16.0 Å². The summed E-state index contributed by atoms with van der Waals surface area (Å²) in [5.74, 6) is -0.247. The molecule has 5 heteroatoms. The van der Waals surface area contributed by atoms with Gasteiger partial charge in [0.15, 0.2) is 0 Å². The molecule has 92 valence electrons. The van der Waals surface area contributed by atoms with E-state index in [9.17, 15) is 14.9 Å². The van der Waals surface area contributed by atoms with E-state index in [0.717, 1.165) is 5.56 Å². The molecule has 0 N–H and O–H groups in total. The Hall–Kier alpha value is -1.91. The number of nitro groups is 1. The highest BCUT2D eigenvalue weighted by molar-refractivity contribution is 5.69. The number of nitrogens with zero attached hydrogens (tertiary/aromatic N) is 1. The van der Waals surface area contributed by atoms with Crippen LogP contribution in [0.4, 0.5) is 5.69 Å². The minimum atomic E-state index is -0.412. The van der Waals surface area contributed by atoms with Crippen LogP contribution in [0, 0.1) is 17.0 Å². The smallest absolute Gasteiger partial charge is 0.306 e. The molecule has 1 aromatic carbocycles. The van der Waals surface area contributed by atoms with Gasteiger partial charge in [-0.1, -0.05) is 6.07 Å². The number of nitro benzene ring substituents is 1. The van der Waals surface area contributed by atoms with Crippen LogP contribution in [0.3, 0.4) is 0 Å². The van der Waals surface area contributed by atoms with Crippen LogP contribution < -0.4 is 0 Å². The van der Waals surface area contributed by atoms with Crippen molar-refractivity contribution in [2.75, 3.05) is 6.61 Å². The molecule has 0 saturated carbocycles. The molecule has 0 radical (unpaired) electrons. The molecule has 1 rings (SSSR count). The van der Waals surface area contributed by atoms with Gasteiger partial charge in [0, 0.05) is 18.1 Å². The molecule has 0 aliphatic carbocycles. The third-order valence-electron chi connectivity index (χ3n) is 2.38. The van der Waals surface area contributed by atoms with Crippen molar-refractivity contribution in [3.05, 3.63) is 39.4 Å². The normalized spacial score (nSPS) is 10.0.